The van der Waals surface area contributed by atoms with Gasteiger partial charge in [0.15, 0.2) is 0 Å². The summed E-state index contributed by atoms with van der Waals surface area (Å²) in [6.07, 6.45) is 3.97. The van der Waals surface area contributed by atoms with E-state index in [2.05, 4.69) is 5.32 Å². The second-order valence-corrected chi connectivity index (χ2v) is 3.61. The van der Waals surface area contributed by atoms with E-state index in [4.69, 9.17) is 5.11 Å². The average molecular weight is 197 g/mol. The van der Waals surface area contributed by atoms with Gasteiger partial charge in [0, 0.05) is 19.0 Å². The first-order valence-electron chi connectivity index (χ1n) is 4.76. The molecule has 1 rings (SSSR count). The van der Waals surface area contributed by atoms with Crippen LogP contribution in [-0.2, 0) is 9.59 Å². The van der Waals surface area contributed by atoms with Crippen LogP contribution >= 0.6 is 0 Å². The Bertz CT molecular complexity index is 271. The van der Waals surface area contributed by atoms with Crippen molar-refractivity contribution in [1.29, 1.82) is 0 Å². The number of rotatable bonds is 3. The quantitative estimate of drug-likeness (QED) is 0.707. The van der Waals surface area contributed by atoms with E-state index in [0.29, 0.717) is 24.5 Å². The minimum Gasteiger partial charge on any atom is -0.478 e. The van der Waals surface area contributed by atoms with Crippen molar-refractivity contribution in [1.82, 2.24) is 5.32 Å². The summed E-state index contributed by atoms with van der Waals surface area (Å²) >= 11 is 0. The van der Waals surface area contributed by atoms with E-state index in [1.165, 1.54) is 6.92 Å². The zero-order chi connectivity index (χ0) is 10.6. The van der Waals surface area contributed by atoms with Crippen LogP contribution in [0.2, 0.25) is 0 Å². The molecule has 2 N–H and O–H groups in total. The number of hydrogen-bond donors (Lipinski definition) is 2. The van der Waals surface area contributed by atoms with Crippen molar-refractivity contribution >= 4 is 11.9 Å². The third-order valence-corrected chi connectivity index (χ3v) is 2.43. The first kappa shape index (κ1) is 10.8. The molecule has 4 heteroatoms. The van der Waals surface area contributed by atoms with Gasteiger partial charge in [0.2, 0.25) is 5.91 Å². The zero-order valence-electron chi connectivity index (χ0n) is 8.25. The van der Waals surface area contributed by atoms with Crippen molar-refractivity contribution in [3.63, 3.8) is 0 Å². The number of carboxylic acid groups (broad SMARTS) is 1. The number of amides is 1. The van der Waals surface area contributed by atoms with Gasteiger partial charge in [-0.15, -0.1) is 0 Å². The minimum absolute atomic E-state index is 0.0296. The number of hydrogen-bond acceptors (Lipinski definition) is 2. The summed E-state index contributed by atoms with van der Waals surface area (Å²) in [5.74, 6) is -0.456. The Morgan fingerprint density at radius 1 is 1.64 bits per heavy atom. The standard InChI is InChI=1S/C10H15NO3/c1-7(12)11-6-8-2-4-9(5-3-8)10(13)14/h4,8H,2-3,5-6H2,1H3,(H,11,12)(H,13,14). The van der Waals surface area contributed by atoms with E-state index >= 15 is 0 Å². The summed E-state index contributed by atoms with van der Waals surface area (Å²) in [5.41, 5.74) is 0.504. The Labute approximate surface area is 83.0 Å². The fraction of sp³-hybridized carbons (Fsp3) is 0.600. The summed E-state index contributed by atoms with van der Waals surface area (Å²) in [6, 6.07) is 0. The molecule has 0 aromatic carbocycles. The first-order chi connectivity index (χ1) is 6.59. The molecule has 1 atom stereocenters. The molecule has 0 saturated carbocycles. The zero-order valence-corrected chi connectivity index (χ0v) is 8.25. The van der Waals surface area contributed by atoms with Crippen LogP contribution < -0.4 is 5.32 Å². The van der Waals surface area contributed by atoms with Gasteiger partial charge >= 0.3 is 5.97 Å². The van der Waals surface area contributed by atoms with Gasteiger partial charge in [0.1, 0.15) is 0 Å². The van der Waals surface area contributed by atoms with Crippen LogP contribution in [-0.4, -0.2) is 23.5 Å². The highest BCUT2D eigenvalue weighted by molar-refractivity contribution is 5.86. The molecule has 1 unspecified atom stereocenters. The molecule has 0 bridgehead atoms. The van der Waals surface area contributed by atoms with Crippen LogP contribution in [0.15, 0.2) is 11.6 Å². The van der Waals surface area contributed by atoms with E-state index in [1.807, 2.05) is 0 Å². The molecular formula is C10H15NO3. The molecular weight excluding hydrogens is 182 g/mol. The summed E-state index contributed by atoms with van der Waals surface area (Å²) < 4.78 is 0. The highest BCUT2D eigenvalue weighted by Crippen LogP contribution is 2.22. The Kier molecular flexibility index (Phi) is 3.68. The van der Waals surface area contributed by atoms with Gasteiger partial charge in [-0.1, -0.05) is 6.08 Å². The summed E-state index contributed by atoms with van der Waals surface area (Å²) in [5, 5.41) is 11.4. The fourth-order valence-electron chi connectivity index (χ4n) is 1.56. The Morgan fingerprint density at radius 2 is 2.36 bits per heavy atom. The van der Waals surface area contributed by atoms with E-state index in [1.54, 1.807) is 6.08 Å². The molecule has 4 nitrogen and oxygen atoms in total. The minimum atomic E-state index is -0.817. The lowest BCUT2D eigenvalue weighted by Crippen LogP contribution is -2.28. The second-order valence-electron chi connectivity index (χ2n) is 3.61. The van der Waals surface area contributed by atoms with E-state index in [0.717, 1.165) is 12.8 Å². The van der Waals surface area contributed by atoms with Gasteiger partial charge in [-0.05, 0) is 25.2 Å². The Balaban J connectivity index is 2.35. The van der Waals surface area contributed by atoms with Crippen molar-refractivity contribution in [3.05, 3.63) is 11.6 Å². The summed E-state index contributed by atoms with van der Waals surface area (Å²) in [4.78, 5) is 21.2. The third-order valence-electron chi connectivity index (χ3n) is 2.43. The van der Waals surface area contributed by atoms with Crippen molar-refractivity contribution in [2.24, 2.45) is 5.92 Å². The molecule has 0 fully saturated rings. The lowest BCUT2D eigenvalue weighted by atomic mass is 9.89. The highest BCUT2D eigenvalue weighted by Gasteiger charge is 2.17. The van der Waals surface area contributed by atoms with Crippen molar-refractivity contribution in [2.75, 3.05) is 6.54 Å². The van der Waals surface area contributed by atoms with Crippen molar-refractivity contribution in [3.8, 4) is 0 Å². The van der Waals surface area contributed by atoms with Gasteiger partial charge in [0.05, 0.1) is 0 Å². The summed E-state index contributed by atoms with van der Waals surface area (Å²) in [6.45, 7) is 2.14. The Morgan fingerprint density at radius 3 is 2.79 bits per heavy atom. The summed E-state index contributed by atoms with van der Waals surface area (Å²) in [7, 11) is 0. The van der Waals surface area contributed by atoms with E-state index in [-0.39, 0.29) is 5.91 Å². The van der Waals surface area contributed by atoms with Crippen LogP contribution in [0.5, 0.6) is 0 Å². The maximum atomic E-state index is 10.6. The molecule has 78 valence electrons. The topological polar surface area (TPSA) is 66.4 Å². The van der Waals surface area contributed by atoms with Gasteiger partial charge in [-0.2, -0.15) is 0 Å². The lowest BCUT2D eigenvalue weighted by molar-refractivity contribution is -0.133. The highest BCUT2D eigenvalue weighted by atomic mass is 16.4. The number of nitrogens with one attached hydrogen (secondary N) is 1. The van der Waals surface area contributed by atoms with Crippen molar-refractivity contribution < 1.29 is 14.7 Å². The predicted octanol–water partition coefficient (Wildman–Crippen LogP) is 0.934. The number of aliphatic carboxylic acids is 1. The largest absolute Gasteiger partial charge is 0.478 e. The van der Waals surface area contributed by atoms with Crippen LogP contribution in [0.3, 0.4) is 0 Å². The third kappa shape index (κ3) is 3.20. The molecule has 1 amide bonds. The van der Waals surface area contributed by atoms with Crippen LogP contribution in [0.25, 0.3) is 0 Å². The molecule has 0 saturated heterocycles. The van der Waals surface area contributed by atoms with E-state index in [9.17, 15) is 9.59 Å². The fourth-order valence-corrected chi connectivity index (χ4v) is 1.56. The van der Waals surface area contributed by atoms with Crippen LogP contribution in [0.4, 0.5) is 0 Å². The molecule has 0 radical (unpaired) electrons. The Hall–Kier alpha value is -1.32. The molecule has 0 aromatic heterocycles. The number of carbonyl (C=O) groups excluding carboxylic acids is 1. The molecule has 14 heavy (non-hydrogen) atoms. The van der Waals surface area contributed by atoms with Crippen LogP contribution in [0, 0.1) is 5.92 Å². The monoisotopic (exact) mass is 197 g/mol. The van der Waals surface area contributed by atoms with Crippen LogP contribution in [0.1, 0.15) is 26.2 Å². The molecule has 0 aromatic rings. The molecule has 0 heterocycles. The molecule has 0 aliphatic heterocycles. The molecule has 0 spiro atoms. The number of carbonyl (C=O) groups is 2. The maximum absolute atomic E-state index is 10.6. The van der Waals surface area contributed by atoms with Crippen molar-refractivity contribution in [2.45, 2.75) is 26.2 Å². The predicted molar refractivity (Wildman–Crippen MR) is 51.7 cm³/mol. The number of allylic oxidation sites excluding steroid dienone is 1. The van der Waals surface area contributed by atoms with Gasteiger partial charge in [-0.25, -0.2) is 4.79 Å². The van der Waals surface area contributed by atoms with Gasteiger partial charge < -0.3 is 10.4 Å². The SMILES string of the molecule is CC(=O)NCC1CC=C(C(=O)O)CC1. The van der Waals surface area contributed by atoms with Gasteiger partial charge in [0.25, 0.3) is 0 Å². The van der Waals surface area contributed by atoms with Gasteiger partial charge in [-0.3, -0.25) is 4.79 Å². The first-order valence-corrected chi connectivity index (χ1v) is 4.76. The van der Waals surface area contributed by atoms with E-state index < -0.39 is 5.97 Å². The normalized spacial score (nSPS) is 21.2. The molecule has 1 aliphatic carbocycles. The second kappa shape index (κ2) is 4.79. The lowest BCUT2D eigenvalue weighted by Gasteiger charge is -2.20. The molecule has 1 aliphatic rings. The number of carboxylic acids is 1. The smallest absolute Gasteiger partial charge is 0.331 e. The average Bonchev–Trinajstić information content (AvgIpc) is 2.15. The maximum Gasteiger partial charge on any atom is 0.331 e.